The highest BCUT2D eigenvalue weighted by atomic mass is 35.5. The van der Waals surface area contributed by atoms with Crippen LogP contribution in [0.4, 0.5) is 0 Å². The first kappa shape index (κ1) is 8.55. The molecule has 2 aromatic rings. The molecule has 2 rings (SSSR count). The molecular formula is C10H6ClNS. The van der Waals surface area contributed by atoms with Gasteiger partial charge in [0.1, 0.15) is 10.9 Å². The van der Waals surface area contributed by atoms with Gasteiger partial charge in [-0.1, -0.05) is 17.7 Å². The second-order valence-corrected chi connectivity index (χ2v) is 4.29. The van der Waals surface area contributed by atoms with Gasteiger partial charge in [0.2, 0.25) is 0 Å². The third-order valence-electron chi connectivity index (χ3n) is 1.94. The highest BCUT2D eigenvalue weighted by molar-refractivity contribution is 7.19. The van der Waals surface area contributed by atoms with Gasteiger partial charge in [-0.3, -0.25) is 0 Å². The summed E-state index contributed by atoms with van der Waals surface area (Å²) in [5, 5.41) is 10.5. The van der Waals surface area contributed by atoms with E-state index in [9.17, 15) is 0 Å². The predicted molar refractivity (Wildman–Crippen MR) is 56.3 cm³/mol. The van der Waals surface area contributed by atoms with E-state index in [1.54, 1.807) is 0 Å². The summed E-state index contributed by atoms with van der Waals surface area (Å²) in [5.74, 6) is 0. The minimum atomic E-state index is 0.711. The van der Waals surface area contributed by atoms with Crippen molar-refractivity contribution in [1.82, 2.24) is 0 Å². The lowest BCUT2D eigenvalue weighted by molar-refractivity contribution is 1.51. The second-order valence-electron chi connectivity index (χ2n) is 2.83. The summed E-state index contributed by atoms with van der Waals surface area (Å²) in [6.07, 6.45) is 0. The first-order valence-corrected chi connectivity index (χ1v) is 5.00. The molecule has 64 valence electrons. The van der Waals surface area contributed by atoms with Crippen LogP contribution in [-0.4, -0.2) is 0 Å². The third-order valence-corrected chi connectivity index (χ3v) is 3.45. The van der Waals surface area contributed by atoms with Crippen LogP contribution in [0.15, 0.2) is 18.2 Å². The zero-order valence-corrected chi connectivity index (χ0v) is 8.54. The first-order chi connectivity index (χ1) is 6.22. The topological polar surface area (TPSA) is 23.8 Å². The van der Waals surface area contributed by atoms with Gasteiger partial charge >= 0.3 is 0 Å². The second kappa shape index (κ2) is 3.02. The van der Waals surface area contributed by atoms with E-state index in [1.165, 1.54) is 11.3 Å². The summed E-state index contributed by atoms with van der Waals surface area (Å²) in [5.41, 5.74) is 1.05. The molecule has 3 heteroatoms. The predicted octanol–water partition coefficient (Wildman–Crippen LogP) is 3.73. The number of benzene rings is 1. The van der Waals surface area contributed by atoms with Crippen LogP contribution < -0.4 is 0 Å². The average molecular weight is 208 g/mol. The van der Waals surface area contributed by atoms with Crippen molar-refractivity contribution in [1.29, 1.82) is 5.26 Å². The van der Waals surface area contributed by atoms with Gasteiger partial charge in [0, 0.05) is 10.1 Å². The van der Waals surface area contributed by atoms with Crippen molar-refractivity contribution in [3.05, 3.63) is 33.7 Å². The van der Waals surface area contributed by atoms with Gasteiger partial charge in [0.05, 0.1) is 5.02 Å². The number of fused-ring (bicyclic) bond motifs is 1. The molecule has 13 heavy (non-hydrogen) atoms. The fourth-order valence-electron chi connectivity index (χ4n) is 1.24. The largest absolute Gasteiger partial charge is 0.192 e. The van der Waals surface area contributed by atoms with Crippen LogP contribution in [0.1, 0.15) is 10.4 Å². The van der Waals surface area contributed by atoms with E-state index in [0.717, 1.165) is 20.7 Å². The molecule has 0 atom stereocenters. The molecule has 1 aromatic heterocycles. The normalized spacial score (nSPS) is 10.2. The molecule has 1 heterocycles. The summed E-state index contributed by atoms with van der Waals surface area (Å²) in [7, 11) is 0. The third kappa shape index (κ3) is 1.31. The molecule has 0 amide bonds. The molecule has 0 unspecified atom stereocenters. The summed E-state index contributed by atoms with van der Waals surface area (Å²) in [4.78, 5) is 0.711. The Morgan fingerprint density at radius 1 is 1.46 bits per heavy atom. The molecule has 0 saturated carbocycles. The Labute approximate surface area is 85.2 Å². The van der Waals surface area contributed by atoms with Crippen molar-refractivity contribution >= 4 is 33.0 Å². The highest BCUT2D eigenvalue weighted by Gasteiger charge is 2.06. The molecule has 0 spiro atoms. The van der Waals surface area contributed by atoms with Gasteiger partial charge in [-0.15, -0.1) is 11.3 Å². The van der Waals surface area contributed by atoms with Crippen molar-refractivity contribution in [2.45, 2.75) is 6.92 Å². The quantitative estimate of drug-likeness (QED) is 0.646. The molecule has 0 aliphatic rings. The molecule has 1 nitrogen and oxygen atoms in total. The van der Waals surface area contributed by atoms with Crippen molar-refractivity contribution in [3.8, 4) is 6.07 Å². The van der Waals surface area contributed by atoms with Gasteiger partial charge in [-0.25, -0.2) is 0 Å². The number of rotatable bonds is 0. The average Bonchev–Trinajstić information content (AvgIpc) is 2.55. The number of hydrogen-bond donors (Lipinski definition) is 0. The van der Waals surface area contributed by atoms with E-state index in [0.29, 0.717) is 4.88 Å². The molecule has 0 N–H and O–H groups in total. The lowest BCUT2D eigenvalue weighted by Gasteiger charge is -1.96. The van der Waals surface area contributed by atoms with Crippen LogP contribution in [-0.2, 0) is 0 Å². The maximum absolute atomic E-state index is 8.72. The lowest BCUT2D eigenvalue weighted by Crippen LogP contribution is -1.73. The number of nitriles is 1. The molecule has 0 bridgehead atoms. The molecule has 0 aliphatic heterocycles. The van der Waals surface area contributed by atoms with E-state index < -0.39 is 0 Å². The molecule has 0 radical (unpaired) electrons. The Bertz CT molecular complexity index is 507. The zero-order chi connectivity index (χ0) is 9.42. The number of nitrogens with zero attached hydrogens (tertiary/aromatic N) is 1. The summed E-state index contributed by atoms with van der Waals surface area (Å²) >= 11 is 7.57. The fraction of sp³-hybridized carbons (Fsp3) is 0.100. The van der Waals surface area contributed by atoms with E-state index in [-0.39, 0.29) is 0 Å². The zero-order valence-electron chi connectivity index (χ0n) is 6.97. The smallest absolute Gasteiger partial charge is 0.110 e. The Balaban J connectivity index is 2.86. The van der Waals surface area contributed by atoms with Crippen LogP contribution in [0.25, 0.3) is 10.1 Å². The maximum Gasteiger partial charge on any atom is 0.110 e. The number of aryl methyl sites for hydroxylation is 1. The molecule has 0 fully saturated rings. The summed E-state index contributed by atoms with van der Waals surface area (Å²) in [6.45, 7) is 1.96. The van der Waals surface area contributed by atoms with Gasteiger partial charge in [-0.2, -0.15) is 5.26 Å². The monoisotopic (exact) mass is 207 g/mol. The van der Waals surface area contributed by atoms with Crippen molar-refractivity contribution in [2.24, 2.45) is 0 Å². The molecule has 0 aliphatic carbocycles. The number of hydrogen-bond acceptors (Lipinski definition) is 2. The van der Waals surface area contributed by atoms with Gasteiger partial charge in [0.25, 0.3) is 0 Å². The van der Waals surface area contributed by atoms with Crippen LogP contribution in [0.5, 0.6) is 0 Å². The minimum Gasteiger partial charge on any atom is -0.192 e. The highest BCUT2D eigenvalue weighted by Crippen LogP contribution is 2.32. The fourth-order valence-corrected chi connectivity index (χ4v) is 2.38. The Morgan fingerprint density at radius 2 is 2.23 bits per heavy atom. The van der Waals surface area contributed by atoms with Crippen LogP contribution in [0.3, 0.4) is 0 Å². The maximum atomic E-state index is 8.72. The number of halogens is 1. The Morgan fingerprint density at radius 3 is 2.92 bits per heavy atom. The van der Waals surface area contributed by atoms with Crippen molar-refractivity contribution < 1.29 is 0 Å². The Hall–Kier alpha value is -1.04. The number of thiophene rings is 1. The summed E-state index contributed by atoms with van der Waals surface area (Å²) < 4.78 is 1.08. The summed E-state index contributed by atoms with van der Waals surface area (Å²) in [6, 6.07) is 7.94. The van der Waals surface area contributed by atoms with E-state index in [2.05, 4.69) is 6.07 Å². The van der Waals surface area contributed by atoms with Crippen molar-refractivity contribution in [2.75, 3.05) is 0 Å². The lowest BCUT2D eigenvalue weighted by atomic mass is 10.2. The van der Waals surface area contributed by atoms with Crippen LogP contribution in [0.2, 0.25) is 5.02 Å². The SMILES string of the molecule is Cc1ccc2sc(C#N)cc2c1Cl. The first-order valence-electron chi connectivity index (χ1n) is 3.81. The molecule has 0 saturated heterocycles. The van der Waals surface area contributed by atoms with Crippen molar-refractivity contribution in [3.63, 3.8) is 0 Å². The van der Waals surface area contributed by atoms with Gasteiger partial charge < -0.3 is 0 Å². The van der Waals surface area contributed by atoms with E-state index >= 15 is 0 Å². The van der Waals surface area contributed by atoms with Gasteiger partial charge in [0.15, 0.2) is 0 Å². The molecule has 1 aromatic carbocycles. The molecular weight excluding hydrogens is 202 g/mol. The van der Waals surface area contributed by atoms with Crippen LogP contribution >= 0.6 is 22.9 Å². The van der Waals surface area contributed by atoms with E-state index in [1.807, 2.05) is 25.1 Å². The Kier molecular flexibility index (Phi) is 1.99. The standard InChI is InChI=1S/C10H6ClNS/c1-6-2-3-9-8(10(6)11)4-7(5-12)13-9/h2-4H,1H3. The van der Waals surface area contributed by atoms with E-state index in [4.69, 9.17) is 16.9 Å². The minimum absolute atomic E-state index is 0.711. The van der Waals surface area contributed by atoms with Gasteiger partial charge in [-0.05, 0) is 24.6 Å². The van der Waals surface area contributed by atoms with Crippen LogP contribution in [0, 0.1) is 18.3 Å².